The van der Waals surface area contributed by atoms with Crippen LogP contribution in [0.3, 0.4) is 0 Å². The molecule has 0 bridgehead atoms. The Morgan fingerprint density at radius 2 is 2.00 bits per heavy atom. The van der Waals surface area contributed by atoms with Crippen LogP contribution in [0.5, 0.6) is 11.5 Å². The summed E-state index contributed by atoms with van der Waals surface area (Å²) < 4.78 is 10.2. The molecule has 0 aliphatic heterocycles. The molecule has 0 unspecified atom stereocenters. The molecule has 0 aliphatic carbocycles. The van der Waals surface area contributed by atoms with E-state index >= 15 is 0 Å². The first kappa shape index (κ1) is 14.8. The zero-order valence-electron chi connectivity index (χ0n) is 11.1. The highest BCUT2D eigenvalue weighted by Gasteiger charge is 2.15. The zero-order chi connectivity index (χ0) is 14.4. The van der Waals surface area contributed by atoms with Gasteiger partial charge in [0.2, 0.25) is 5.91 Å². The van der Waals surface area contributed by atoms with E-state index < -0.39 is 12.0 Å². The molecule has 0 saturated heterocycles. The van der Waals surface area contributed by atoms with Crippen molar-refractivity contribution in [1.29, 1.82) is 0 Å². The average molecular weight is 267 g/mol. The number of rotatable bonds is 6. The summed E-state index contributed by atoms with van der Waals surface area (Å²) in [6.45, 7) is 1.41. The van der Waals surface area contributed by atoms with Crippen LogP contribution in [-0.4, -0.2) is 37.2 Å². The van der Waals surface area contributed by atoms with Gasteiger partial charge < -0.3 is 19.9 Å². The van der Waals surface area contributed by atoms with Gasteiger partial charge in [0.1, 0.15) is 17.5 Å². The standard InChI is InChI=1S/C13H17NO5/c1-8(13(16)17)14-12(15)6-9-4-5-10(18-2)7-11(9)19-3/h4-5,7-8H,6H2,1-3H3,(H,14,15)(H,16,17)/t8-/m1/s1. The molecule has 1 amide bonds. The number of hydrogen-bond donors (Lipinski definition) is 2. The van der Waals surface area contributed by atoms with Crippen LogP contribution in [0.2, 0.25) is 0 Å². The lowest BCUT2D eigenvalue weighted by atomic mass is 10.1. The molecule has 0 spiro atoms. The van der Waals surface area contributed by atoms with Crippen LogP contribution < -0.4 is 14.8 Å². The summed E-state index contributed by atoms with van der Waals surface area (Å²) in [6, 6.07) is 4.18. The molecule has 104 valence electrons. The van der Waals surface area contributed by atoms with Crippen LogP contribution in [0, 0.1) is 0 Å². The van der Waals surface area contributed by atoms with E-state index in [1.165, 1.54) is 21.1 Å². The molecule has 1 aromatic rings. The molecular formula is C13H17NO5. The first-order valence-corrected chi connectivity index (χ1v) is 5.71. The number of carboxylic acids is 1. The average Bonchev–Trinajstić information content (AvgIpc) is 2.38. The number of benzene rings is 1. The molecule has 19 heavy (non-hydrogen) atoms. The van der Waals surface area contributed by atoms with E-state index in [4.69, 9.17) is 14.6 Å². The smallest absolute Gasteiger partial charge is 0.325 e. The van der Waals surface area contributed by atoms with E-state index in [9.17, 15) is 9.59 Å². The Morgan fingerprint density at radius 3 is 2.53 bits per heavy atom. The lowest BCUT2D eigenvalue weighted by Gasteiger charge is -2.12. The molecule has 0 saturated carbocycles. The second-order valence-corrected chi connectivity index (χ2v) is 3.98. The highest BCUT2D eigenvalue weighted by atomic mass is 16.5. The Morgan fingerprint density at radius 1 is 1.32 bits per heavy atom. The summed E-state index contributed by atoms with van der Waals surface area (Å²) in [6.07, 6.45) is 0.0464. The van der Waals surface area contributed by atoms with Crippen molar-refractivity contribution in [2.24, 2.45) is 0 Å². The molecule has 1 aromatic carbocycles. The SMILES string of the molecule is COc1ccc(CC(=O)N[C@H](C)C(=O)O)c(OC)c1. The Hall–Kier alpha value is -2.24. The van der Waals surface area contributed by atoms with Gasteiger partial charge in [-0.1, -0.05) is 6.07 Å². The second-order valence-electron chi connectivity index (χ2n) is 3.98. The van der Waals surface area contributed by atoms with Gasteiger partial charge in [0.15, 0.2) is 0 Å². The normalized spacial score (nSPS) is 11.5. The van der Waals surface area contributed by atoms with Crippen molar-refractivity contribution < 1.29 is 24.2 Å². The van der Waals surface area contributed by atoms with E-state index in [0.29, 0.717) is 17.1 Å². The molecule has 1 rings (SSSR count). The van der Waals surface area contributed by atoms with E-state index in [1.54, 1.807) is 18.2 Å². The van der Waals surface area contributed by atoms with Crippen molar-refractivity contribution in [2.45, 2.75) is 19.4 Å². The van der Waals surface area contributed by atoms with Gasteiger partial charge in [0, 0.05) is 11.6 Å². The first-order chi connectivity index (χ1) is 8.97. The molecule has 6 heteroatoms. The summed E-state index contributed by atoms with van der Waals surface area (Å²) in [5.74, 6) is -0.300. The van der Waals surface area contributed by atoms with Crippen molar-refractivity contribution in [3.8, 4) is 11.5 Å². The van der Waals surface area contributed by atoms with Crippen molar-refractivity contribution in [1.82, 2.24) is 5.32 Å². The van der Waals surface area contributed by atoms with Gasteiger partial charge in [-0.3, -0.25) is 9.59 Å². The highest BCUT2D eigenvalue weighted by molar-refractivity contribution is 5.85. The Bertz CT molecular complexity index is 472. The van der Waals surface area contributed by atoms with Crippen molar-refractivity contribution in [3.63, 3.8) is 0 Å². The molecule has 0 fully saturated rings. The summed E-state index contributed by atoms with van der Waals surface area (Å²) in [5, 5.41) is 11.1. The highest BCUT2D eigenvalue weighted by Crippen LogP contribution is 2.24. The minimum Gasteiger partial charge on any atom is -0.497 e. The van der Waals surface area contributed by atoms with Crippen molar-refractivity contribution in [2.75, 3.05) is 14.2 Å². The topological polar surface area (TPSA) is 84.9 Å². The van der Waals surface area contributed by atoms with Gasteiger partial charge >= 0.3 is 5.97 Å². The number of hydrogen-bond acceptors (Lipinski definition) is 4. The van der Waals surface area contributed by atoms with Crippen LogP contribution in [0.4, 0.5) is 0 Å². The maximum atomic E-state index is 11.7. The minimum atomic E-state index is -1.07. The molecule has 0 heterocycles. The number of nitrogens with one attached hydrogen (secondary N) is 1. The third kappa shape index (κ3) is 4.17. The van der Waals surface area contributed by atoms with Gasteiger partial charge in [-0.05, 0) is 13.0 Å². The predicted octanol–water partition coefficient (Wildman–Crippen LogP) is 0.836. The number of aliphatic carboxylic acids is 1. The number of ether oxygens (including phenoxy) is 2. The summed E-state index contributed by atoms with van der Waals surface area (Å²) in [5.41, 5.74) is 0.665. The van der Waals surface area contributed by atoms with E-state index in [-0.39, 0.29) is 12.3 Å². The number of carbonyl (C=O) groups is 2. The molecule has 2 N–H and O–H groups in total. The quantitative estimate of drug-likeness (QED) is 0.797. The fraction of sp³-hybridized carbons (Fsp3) is 0.385. The Balaban J connectivity index is 2.76. The van der Waals surface area contributed by atoms with Crippen LogP contribution in [0.15, 0.2) is 18.2 Å². The first-order valence-electron chi connectivity index (χ1n) is 5.71. The van der Waals surface area contributed by atoms with Crippen LogP contribution in [0.25, 0.3) is 0 Å². The maximum absolute atomic E-state index is 11.7. The summed E-state index contributed by atoms with van der Waals surface area (Å²) >= 11 is 0. The van der Waals surface area contributed by atoms with Gasteiger partial charge in [-0.15, -0.1) is 0 Å². The van der Waals surface area contributed by atoms with E-state index in [1.807, 2.05) is 0 Å². The molecule has 0 aromatic heterocycles. The second kappa shape index (κ2) is 6.63. The molecule has 0 aliphatic rings. The van der Waals surface area contributed by atoms with Gasteiger partial charge in [-0.2, -0.15) is 0 Å². The Labute approximate surface area is 111 Å². The van der Waals surface area contributed by atoms with Gasteiger partial charge in [-0.25, -0.2) is 0 Å². The van der Waals surface area contributed by atoms with Crippen LogP contribution in [-0.2, 0) is 16.0 Å². The molecule has 6 nitrogen and oxygen atoms in total. The zero-order valence-corrected chi connectivity index (χ0v) is 11.1. The number of carbonyl (C=O) groups excluding carboxylic acids is 1. The molecule has 0 radical (unpaired) electrons. The number of carboxylic acid groups (broad SMARTS) is 1. The van der Waals surface area contributed by atoms with E-state index in [2.05, 4.69) is 5.32 Å². The Kier molecular flexibility index (Phi) is 5.17. The van der Waals surface area contributed by atoms with E-state index in [0.717, 1.165) is 0 Å². The third-order valence-electron chi connectivity index (χ3n) is 2.59. The molecular weight excluding hydrogens is 250 g/mol. The van der Waals surface area contributed by atoms with Gasteiger partial charge in [0.05, 0.1) is 20.6 Å². The summed E-state index contributed by atoms with van der Waals surface area (Å²) in [7, 11) is 3.03. The number of amides is 1. The van der Waals surface area contributed by atoms with Crippen molar-refractivity contribution >= 4 is 11.9 Å². The maximum Gasteiger partial charge on any atom is 0.325 e. The monoisotopic (exact) mass is 267 g/mol. The largest absolute Gasteiger partial charge is 0.497 e. The van der Waals surface area contributed by atoms with Crippen molar-refractivity contribution in [3.05, 3.63) is 23.8 Å². The fourth-order valence-corrected chi connectivity index (χ4v) is 1.53. The lowest BCUT2D eigenvalue weighted by molar-refractivity contribution is -0.141. The predicted molar refractivity (Wildman–Crippen MR) is 68.5 cm³/mol. The number of methoxy groups -OCH3 is 2. The fourth-order valence-electron chi connectivity index (χ4n) is 1.53. The summed E-state index contributed by atoms with van der Waals surface area (Å²) in [4.78, 5) is 22.3. The third-order valence-corrected chi connectivity index (χ3v) is 2.59. The van der Waals surface area contributed by atoms with Crippen LogP contribution in [0.1, 0.15) is 12.5 Å². The van der Waals surface area contributed by atoms with Crippen LogP contribution >= 0.6 is 0 Å². The minimum absolute atomic E-state index is 0.0464. The lowest BCUT2D eigenvalue weighted by Crippen LogP contribution is -2.39. The molecule has 1 atom stereocenters. The van der Waals surface area contributed by atoms with Gasteiger partial charge in [0.25, 0.3) is 0 Å².